The standard InChI is InChI=1S/C14H21FN4/c1-18(2)12-7-14(8-12)3-5-19(6-4-14)13-16-9-11(15)10-17-13/h9-10,12H,3-8H2,1-2H3. The van der Waals surface area contributed by atoms with Crippen LogP contribution in [0.4, 0.5) is 10.3 Å². The van der Waals surface area contributed by atoms with Crippen molar-refractivity contribution in [1.82, 2.24) is 14.9 Å². The van der Waals surface area contributed by atoms with E-state index in [-0.39, 0.29) is 5.82 Å². The highest BCUT2D eigenvalue weighted by Crippen LogP contribution is 2.50. The molecule has 0 bridgehead atoms. The van der Waals surface area contributed by atoms with Crippen LogP contribution in [0.25, 0.3) is 0 Å². The maximum absolute atomic E-state index is 12.8. The molecule has 0 amide bonds. The first-order valence-electron chi connectivity index (χ1n) is 6.97. The molecule has 19 heavy (non-hydrogen) atoms. The molecule has 104 valence electrons. The molecular formula is C14H21FN4. The Balaban J connectivity index is 1.57. The summed E-state index contributed by atoms with van der Waals surface area (Å²) in [5.41, 5.74) is 0.547. The van der Waals surface area contributed by atoms with Crippen molar-refractivity contribution in [3.05, 3.63) is 18.2 Å². The normalized spacial score (nSPS) is 22.8. The van der Waals surface area contributed by atoms with Crippen LogP contribution in [-0.2, 0) is 0 Å². The van der Waals surface area contributed by atoms with Crippen molar-refractivity contribution in [2.75, 3.05) is 32.1 Å². The summed E-state index contributed by atoms with van der Waals surface area (Å²) in [4.78, 5) is 12.6. The fourth-order valence-corrected chi connectivity index (χ4v) is 3.36. The molecule has 2 heterocycles. The maximum Gasteiger partial charge on any atom is 0.225 e. The second-order valence-electron chi connectivity index (χ2n) is 6.21. The molecule has 1 spiro atoms. The molecule has 1 aliphatic carbocycles. The number of halogens is 1. The van der Waals surface area contributed by atoms with E-state index in [4.69, 9.17) is 0 Å². The van der Waals surface area contributed by atoms with Crippen LogP contribution in [0.3, 0.4) is 0 Å². The summed E-state index contributed by atoms with van der Waals surface area (Å²) in [6.45, 7) is 1.98. The monoisotopic (exact) mass is 264 g/mol. The predicted molar refractivity (Wildman–Crippen MR) is 72.6 cm³/mol. The lowest BCUT2D eigenvalue weighted by Crippen LogP contribution is -2.53. The van der Waals surface area contributed by atoms with Crippen molar-refractivity contribution in [3.63, 3.8) is 0 Å². The minimum atomic E-state index is -0.370. The van der Waals surface area contributed by atoms with Gasteiger partial charge in [0.25, 0.3) is 0 Å². The third-order valence-electron chi connectivity index (χ3n) is 4.78. The van der Waals surface area contributed by atoms with Gasteiger partial charge in [-0.1, -0.05) is 0 Å². The van der Waals surface area contributed by atoms with Gasteiger partial charge in [0.05, 0.1) is 12.4 Å². The molecule has 0 N–H and O–H groups in total. The van der Waals surface area contributed by atoms with Gasteiger partial charge >= 0.3 is 0 Å². The van der Waals surface area contributed by atoms with Gasteiger partial charge in [-0.15, -0.1) is 0 Å². The van der Waals surface area contributed by atoms with Crippen molar-refractivity contribution in [2.24, 2.45) is 5.41 Å². The van der Waals surface area contributed by atoms with Crippen LogP contribution in [0.5, 0.6) is 0 Å². The number of anilines is 1. The minimum Gasteiger partial charge on any atom is -0.341 e. The van der Waals surface area contributed by atoms with Crippen LogP contribution in [0, 0.1) is 11.2 Å². The lowest BCUT2D eigenvalue weighted by molar-refractivity contribution is 0.00469. The van der Waals surface area contributed by atoms with Crippen LogP contribution in [-0.4, -0.2) is 48.1 Å². The van der Waals surface area contributed by atoms with E-state index in [1.54, 1.807) is 0 Å². The zero-order valence-corrected chi connectivity index (χ0v) is 11.6. The van der Waals surface area contributed by atoms with Gasteiger partial charge in [0.2, 0.25) is 5.95 Å². The lowest BCUT2D eigenvalue weighted by Gasteiger charge is -2.54. The van der Waals surface area contributed by atoms with Crippen LogP contribution in [0.2, 0.25) is 0 Å². The van der Waals surface area contributed by atoms with Crippen LogP contribution < -0.4 is 4.90 Å². The van der Waals surface area contributed by atoms with Crippen LogP contribution in [0.1, 0.15) is 25.7 Å². The molecule has 0 atom stereocenters. The number of hydrogen-bond donors (Lipinski definition) is 0. The summed E-state index contributed by atoms with van der Waals surface area (Å²) in [5, 5.41) is 0. The SMILES string of the molecule is CN(C)C1CC2(CCN(c3ncc(F)cn3)CC2)C1. The van der Waals surface area contributed by atoms with Gasteiger partial charge in [0, 0.05) is 19.1 Å². The topological polar surface area (TPSA) is 32.3 Å². The molecule has 2 aliphatic rings. The van der Waals surface area contributed by atoms with E-state index in [9.17, 15) is 4.39 Å². The van der Waals surface area contributed by atoms with E-state index in [1.165, 1.54) is 38.1 Å². The quantitative estimate of drug-likeness (QED) is 0.817. The molecule has 3 rings (SSSR count). The second kappa shape index (κ2) is 4.71. The molecule has 4 nitrogen and oxygen atoms in total. The highest BCUT2D eigenvalue weighted by atomic mass is 19.1. The average molecular weight is 264 g/mol. The molecule has 1 saturated heterocycles. The largest absolute Gasteiger partial charge is 0.341 e. The molecule has 0 aromatic carbocycles. The zero-order chi connectivity index (χ0) is 13.5. The summed E-state index contributed by atoms with van der Waals surface area (Å²) < 4.78 is 12.8. The van der Waals surface area contributed by atoms with Crippen molar-refractivity contribution in [3.8, 4) is 0 Å². The first-order chi connectivity index (χ1) is 9.08. The molecule has 2 fully saturated rings. The number of rotatable bonds is 2. The van der Waals surface area contributed by atoms with Gasteiger partial charge in [-0.05, 0) is 45.2 Å². The summed E-state index contributed by atoms with van der Waals surface area (Å²) in [5.74, 6) is 0.296. The fraction of sp³-hybridized carbons (Fsp3) is 0.714. The molecule has 0 radical (unpaired) electrons. The van der Waals surface area contributed by atoms with Gasteiger partial charge in [-0.2, -0.15) is 0 Å². The van der Waals surface area contributed by atoms with E-state index in [0.29, 0.717) is 11.4 Å². The van der Waals surface area contributed by atoms with E-state index >= 15 is 0 Å². The molecule has 1 aromatic rings. The van der Waals surface area contributed by atoms with Gasteiger partial charge < -0.3 is 9.80 Å². The number of piperidine rings is 1. The van der Waals surface area contributed by atoms with Gasteiger partial charge in [-0.25, -0.2) is 14.4 Å². The predicted octanol–water partition coefficient (Wildman–Crippen LogP) is 1.93. The van der Waals surface area contributed by atoms with E-state index < -0.39 is 0 Å². The van der Waals surface area contributed by atoms with E-state index in [1.807, 2.05) is 0 Å². The number of aromatic nitrogens is 2. The van der Waals surface area contributed by atoms with Gasteiger partial charge in [-0.3, -0.25) is 0 Å². The average Bonchev–Trinajstić information content (AvgIpc) is 2.37. The van der Waals surface area contributed by atoms with Crippen LogP contribution >= 0.6 is 0 Å². The summed E-state index contributed by atoms with van der Waals surface area (Å²) in [7, 11) is 4.33. The number of nitrogens with zero attached hydrogens (tertiary/aromatic N) is 4. The van der Waals surface area contributed by atoms with Gasteiger partial charge in [0.1, 0.15) is 0 Å². The first kappa shape index (κ1) is 12.8. The smallest absolute Gasteiger partial charge is 0.225 e. The van der Waals surface area contributed by atoms with Crippen LogP contribution in [0.15, 0.2) is 12.4 Å². The Hall–Kier alpha value is -1.23. The van der Waals surface area contributed by atoms with Crippen molar-refractivity contribution >= 4 is 5.95 Å². The molecule has 1 aliphatic heterocycles. The Kier molecular flexibility index (Phi) is 3.17. The highest BCUT2D eigenvalue weighted by Gasteiger charge is 2.46. The summed E-state index contributed by atoms with van der Waals surface area (Å²) in [6.07, 6.45) is 7.54. The Morgan fingerprint density at radius 3 is 2.32 bits per heavy atom. The van der Waals surface area contributed by atoms with Crippen molar-refractivity contribution < 1.29 is 4.39 Å². The lowest BCUT2D eigenvalue weighted by atomic mass is 9.60. The summed E-state index contributed by atoms with van der Waals surface area (Å²) >= 11 is 0. The van der Waals surface area contributed by atoms with Gasteiger partial charge in [0.15, 0.2) is 5.82 Å². The van der Waals surface area contributed by atoms with Crippen molar-refractivity contribution in [2.45, 2.75) is 31.7 Å². The molecule has 1 saturated carbocycles. The Morgan fingerprint density at radius 1 is 1.21 bits per heavy atom. The first-order valence-corrected chi connectivity index (χ1v) is 6.97. The molecule has 5 heteroatoms. The third-order valence-corrected chi connectivity index (χ3v) is 4.78. The van der Waals surface area contributed by atoms with E-state index in [0.717, 1.165) is 19.1 Å². The minimum absolute atomic E-state index is 0.370. The Labute approximate surface area is 113 Å². The fourth-order valence-electron chi connectivity index (χ4n) is 3.36. The van der Waals surface area contributed by atoms with Crippen molar-refractivity contribution in [1.29, 1.82) is 0 Å². The Bertz CT molecular complexity index is 429. The zero-order valence-electron chi connectivity index (χ0n) is 11.6. The maximum atomic E-state index is 12.8. The molecule has 0 unspecified atom stereocenters. The molecular weight excluding hydrogens is 243 g/mol. The Morgan fingerprint density at radius 2 is 1.79 bits per heavy atom. The summed E-state index contributed by atoms with van der Waals surface area (Å²) in [6, 6.07) is 0.758. The highest BCUT2D eigenvalue weighted by molar-refractivity contribution is 5.30. The second-order valence-corrected chi connectivity index (χ2v) is 6.21. The number of hydrogen-bond acceptors (Lipinski definition) is 4. The van der Waals surface area contributed by atoms with E-state index in [2.05, 4.69) is 33.9 Å². The molecule has 1 aromatic heterocycles. The third kappa shape index (κ3) is 2.43.